The molecule has 7 nitrogen and oxygen atoms in total. The first-order chi connectivity index (χ1) is 7.84. The van der Waals surface area contributed by atoms with Gasteiger partial charge in [0.25, 0.3) is 0 Å². The molecule has 0 bridgehead atoms. The second kappa shape index (κ2) is 3.86. The summed E-state index contributed by atoms with van der Waals surface area (Å²) in [6.07, 6.45) is -2.22. The van der Waals surface area contributed by atoms with Crippen LogP contribution in [-0.2, 0) is 14.2 Å². The zero-order chi connectivity index (χ0) is 12.9. The number of rotatable bonds is 3. The van der Waals surface area contributed by atoms with Crippen LogP contribution in [0.5, 0.6) is 0 Å². The van der Waals surface area contributed by atoms with Crippen LogP contribution in [0, 0.1) is 0 Å². The van der Waals surface area contributed by atoms with Gasteiger partial charge in [-0.25, -0.2) is 0 Å². The third-order valence-corrected chi connectivity index (χ3v) is 3.70. The lowest BCUT2D eigenvalue weighted by molar-refractivity contribution is -0.390. The molecule has 2 aliphatic rings. The van der Waals surface area contributed by atoms with E-state index in [4.69, 9.17) is 14.2 Å². The maximum atomic E-state index is 10.7. The third kappa shape index (κ3) is 1.55. The van der Waals surface area contributed by atoms with E-state index in [9.17, 15) is 20.4 Å². The molecule has 0 aromatic carbocycles. The molecule has 17 heavy (non-hydrogen) atoms. The Labute approximate surface area is 98.5 Å². The van der Waals surface area contributed by atoms with E-state index in [1.54, 1.807) is 6.92 Å². The average Bonchev–Trinajstić information content (AvgIpc) is 3.05. The molecular weight excluding hydrogens is 232 g/mol. The number of epoxide rings is 1. The zero-order valence-corrected chi connectivity index (χ0v) is 9.79. The van der Waals surface area contributed by atoms with Gasteiger partial charge < -0.3 is 34.6 Å². The fourth-order valence-corrected chi connectivity index (χ4v) is 2.46. The van der Waals surface area contributed by atoms with Gasteiger partial charge in [-0.15, -0.1) is 0 Å². The Morgan fingerprint density at radius 2 is 1.94 bits per heavy atom. The minimum absolute atomic E-state index is 0.182. The van der Waals surface area contributed by atoms with Gasteiger partial charge in [0.2, 0.25) is 5.79 Å². The minimum atomic E-state index is -2.22. The molecule has 2 rings (SSSR count). The summed E-state index contributed by atoms with van der Waals surface area (Å²) in [5, 5.41) is 39.9. The Hall–Kier alpha value is -0.280. The first kappa shape index (κ1) is 13.2. The number of aliphatic hydroxyl groups excluding tert-OH is 2. The van der Waals surface area contributed by atoms with Crippen molar-refractivity contribution in [2.75, 3.05) is 26.9 Å². The van der Waals surface area contributed by atoms with Crippen LogP contribution >= 0.6 is 0 Å². The molecule has 2 saturated heterocycles. The summed E-state index contributed by atoms with van der Waals surface area (Å²) in [5.74, 6) is -2.22. The molecule has 7 heteroatoms. The van der Waals surface area contributed by atoms with Gasteiger partial charge in [0.1, 0.15) is 24.4 Å². The molecule has 0 amide bonds. The van der Waals surface area contributed by atoms with E-state index in [-0.39, 0.29) is 13.2 Å². The van der Waals surface area contributed by atoms with Crippen LogP contribution in [0.2, 0.25) is 0 Å². The quantitative estimate of drug-likeness (QED) is 0.413. The predicted octanol–water partition coefficient (Wildman–Crippen LogP) is -2.41. The van der Waals surface area contributed by atoms with Crippen LogP contribution in [0.3, 0.4) is 0 Å². The first-order valence-electron chi connectivity index (χ1n) is 5.39. The lowest BCUT2D eigenvalue weighted by atomic mass is 9.73. The maximum Gasteiger partial charge on any atom is 0.224 e. The molecule has 2 heterocycles. The van der Waals surface area contributed by atoms with Crippen molar-refractivity contribution in [3.8, 4) is 0 Å². The Balaban J connectivity index is 2.43. The van der Waals surface area contributed by atoms with Gasteiger partial charge in [-0.3, -0.25) is 0 Å². The molecule has 100 valence electrons. The summed E-state index contributed by atoms with van der Waals surface area (Å²) >= 11 is 0. The molecule has 5 atom stereocenters. The predicted molar refractivity (Wildman–Crippen MR) is 54.1 cm³/mol. The zero-order valence-electron chi connectivity index (χ0n) is 9.79. The molecule has 0 aliphatic carbocycles. The van der Waals surface area contributed by atoms with E-state index in [2.05, 4.69) is 0 Å². The Morgan fingerprint density at radius 3 is 2.35 bits per heavy atom. The largest absolute Gasteiger partial charge is 0.391 e. The van der Waals surface area contributed by atoms with Crippen molar-refractivity contribution in [2.24, 2.45) is 0 Å². The highest BCUT2D eigenvalue weighted by molar-refractivity contribution is 5.19. The van der Waals surface area contributed by atoms with Crippen molar-refractivity contribution in [1.29, 1.82) is 0 Å². The van der Waals surface area contributed by atoms with Crippen LogP contribution in [0.4, 0.5) is 0 Å². The molecular formula is C10H18O7. The topological polar surface area (TPSA) is 112 Å². The highest BCUT2D eigenvalue weighted by atomic mass is 16.7. The van der Waals surface area contributed by atoms with Crippen molar-refractivity contribution in [3.05, 3.63) is 0 Å². The smallest absolute Gasteiger partial charge is 0.224 e. The van der Waals surface area contributed by atoms with Crippen LogP contribution in [0.25, 0.3) is 0 Å². The van der Waals surface area contributed by atoms with E-state index >= 15 is 0 Å². The van der Waals surface area contributed by atoms with Crippen molar-refractivity contribution in [3.63, 3.8) is 0 Å². The fraction of sp³-hybridized carbons (Fsp3) is 1.00. The fourth-order valence-electron chi connectivity index (χ4n) is 2.46. The second-order valence-electron chi connectivity index (χ2n) is 4.76. The number of methoxy groups -OCH3 is 1. The van der Waals surface area contributed by atoms with Crippen molar-refractivity contribution in [2.45, 2.75) is 36.1 Å². The number of ether oxygens (including phenoxy) is 3. The summed E-state index contributed by atoms with van der Waals surface area (Å²) < 4.78 is 15.2. The summed E-state index contributed by atoms with van der Waals surface area (Å²) in [5.41, 5.74) is -3.16. The van der Waals surface area contributed by atoms with E-state index in [0.717, 1.165) is 0 Å². The molecule has 2 fully saturated rings. The summed E-state index contributed by atoms with van der Waals surface area (Å²) in [7, 11) is 1.30. The summed E-state index contributed by atoms with van der Waals surface area (Å²) in [6, 6.07) is 0. The Bertz CT molecular complexity index is 305. The van der Waals surface area contributed by atoms with E-state index in [0.29, 0.717) is 0 Å². The monoisotopic (exact) mass is 250 g/mol. The molecule has 0 spiro atoms. The third-order valence-electron chi connectivity index (χ3n) is 3.70. The molecule has 0 saturated carbocycles. The first-order valence-corrected chi connectivity index (χ1v) is 5.39. The number of aliphatic hydroxyl groups is 4. The molecule has 0 aromatic heterocycles. The molecule has 0 radical (unpaired) electrons. The molecule has 4 N–H and O–H groups in total. The number of hydrogen-bond donors (Lipinski definition) is 4. The Kier molecular flexibility index (Phi) is 2.98. The van der Waals surface area contributed by atoms with Gasteiger partial charge in [-0.05, 0) is 6.92 Å². The van der Waals surface area contributed by atoms with E-state index in [1.807, 2.05) is 0 Å². The van der Waals surface area contributed by atoms with Crippen LogP contribution in [0.15, 0.2) is 0 Å². The SMILES string of the molecule is CO[C@@H]1[C@H](O)CO[C@](O)(CO)[C@]1(O)C1(C)CO1. The molecule has 1 unspecified atom stereocenters. The van der Waals surface area contributed by atoms with Gasteiger partial charge in [0.15, 0.2) is 5.60 Å². The van der Waals surface area contributed by atoms with Crippen LogP contribution in [-0.4, -0.2) is 76.6 Å². The van der Waals surface area contributed by atoms with Gasteiger partial charge >= 0.3 is 0 Å². The lowest BCUT2D eigenvalue weighted by Gasteiger charge is -2.52. The van der Waals surface area contributed by atoms with Crippen molar-refractivity contribution < 1.29 is 34.6 Å². The van der Waals surface area contributed by atoms with Crippen molar-refractivity contribution >= 4 is 0 Å². The second-order valence-corrected chi connectivity index (χ2v) is 4.76. The summed E-state index contributed by atoms with van der Waals surface area (Å²) in [6.45, 7) is 0.672. The van der Waals surface area contributed by atoms with Gasteiger partial charge in [0, 0.05) is 7.11 Å². The highest BCUT2D eigenvalue weighted by Crippen LogP contribution is 2.50. The molecule has 2 aliphatic heterocycles. The van der Waals surface area contributed by atoms with Gasteiger partial charge in [-0.1, -0.05) is 0 Å². The highest BCUT2D eigenvalue weighted by Gasteiger charge is 2.74. The van der Waals surface area contributed by atoms with Crippen LogP contribution in [0.1, 0.15) is 6.92 Å². The normalized spacial score (nSPS) is 54.7. The van der Waals surface area contributed by atoms with Crippen LogP contribution < -0.4 is 0 Å². The average molecular weight is 250 g/mol. The molecule has 0 aromatic rings. The van der Waals surface area contributed by atoms with E-state index < -0.39 is 35.8 Å². The minimum Gasteiger partial charge on any atom is -0.391 e. The summed E-state index contributed by atoms with van der Waals surface area (Å²) in [4.78, 5) is 0. The van der Waals surface area contributed by atoms with E-state index in [1.165, 1.54) is 7.11 Å². The lowest BCUT2D eigenvalue weighted by Crippen LogP contribution is -2.77. The standard InChI is InChI=1S/C10H18O7/c1-8(5-17-8)10(14)7(15-2)6(12)3-16-9(10,13)4-11/h6-7,11-14H,3-5H2,1-2H3/t6-,7-,8?,9-,10-/m1/s1. The Morgan fingerprint density at radius 1 is 1.35 bits per heavy atom. The number of hydrogen-bond acceptors (Lipinski definition) is 7. The van der Waals surface area contributed by atoms with Gasteiger partial charge in [-0.2, -0.15) is 0 Å². The maximum absolute atomic E-state index is 10.7. The van der Waals surface area contributed by atoms with Gasteiger partial charge in [0.05, 0.1) is 13.2 Å². The van der Waals surface area contributed by atoms with Crippen molar-refractivity contribution in [1.82, 2.24) is 0 Å².